The summed E-state index contributed by atoms with van der Waals surface area (Å²) in [5.74, 6) is 0.465. The van der Waals surface area contributed by atoms with Crippen molar-refractivity contribution in [3.63, 3.8) is 0 Å². The molecule has 0 aromatic heterocycles. The molecular weight excluding hydrogens is 202 g/mol. The van der Waals surface area contributed by atoms with Gasteiger partial charge in [-0.1, -0.05) is 12.8 Å². The zero-order valence-electron chi connectivity index (χ0n) is 10.3. The Hall–Kier alpha value is -0.120. The molecule has 2 rings (SSSR count). The third kappa shape index (κ3) is 3.19. The van der Waals surface area contributed by atoms with Crippen LogP contribution in [0.4, 0.5) is 0 Å². The maximum absolute atomic E-state index is 9.32. The normalized spacial score (nSPS) is 40.1. The van der Waals surface area contributed by atoms with E-state index in [1.807, 2.05) is 0 Å². The van der Waals surface area contributed by atoms with Gasteiger partial charge in [-0.25, -0.2) is 0 Å². The van der Waals surface area contributed by atoms with Gasteiger partial charge in [-0.3, -0.25) is 0 Å². The summed E-state index contributed by atoms with van der Waals surface area (Å²) in [5.41, 5.74) is 0. The standard InChI is InChI=1S/C13H25NO2/c1-10-6-7-12(16-10)8-14-13-5-3-2-4-11(13)9-15/h10-15H,2-9H2,1H3. The first kappa shape index (κ1) is 12.3. The van der Waals surface area contributed by atoms with Crippen molar-refractivity contribution >= 4 is 0 Å². The first-order valence-electron chi connectivity index (χ1n) is 6.79. The molecule has 0 aromatic carbocycles. The number of aliphatic hydroxyl groups is 1. The minimum atomic E-state index is 0.333. The van der Waals surface area contributed by atoms with Crippen molar-refractivity contribution in [3.8, 4) is 0 Å². The lowest BCUT2D eigenvalue weighted by Crippen LogP contribution is -2.43. The predicted molar refractivity (Wildman–Crippen MR) is 64.4 cm³/mol. The predicted octanol–water partition coefficient (Wildman–Crippen LogP) is 1.69. The second-order valence-corrected chi connectivity index (χ2v) is 5.39. The molecule has 1 saturated carbocycles. The van der Waals surface area contributed by atoms with E-state index in [1.165, 1.54) is 38.5 Å². The van der Waals surface area contributed by atoms with Crippen LogP contribution in [0.5, 0.6) is 0 Å². The highest BCUT2D eigenvalue weighted by Crippen LogP contribution is 2.25. The number of aliphatic hydroxyl groups excluding tert-OH is 1. The fourth-order valence-electron chi connectivity index (χ4n) is 3.01. The van der Waals surface area contributed by atoms with Crippen molar-refractivity contribution in [2.75, 3.05) is 13.2 Å². The van der Waals surface area contributed by atoms with Gasteiger partial charge in [0.25, 0.3) is 0 Å². The molecule has 0 amide bonds. The van der Waals surface area contributed by atoms with Crippen LogP contribution in [-0.4, -0.2) is 36.5 Å². The second kappa shape index (κ2) is 5.99. The first-order valence-corrected chi connectivity index (χ1v) is 6.79. The van der Waals surface area contributed by atoms with E-state index in [2.05, 4.69) is 12.2 Å². The molecule has 1 heterocycles. The van der Waals surface area contributed by atoms with Crippen LogP contribution in [0.15, 0.2) is 0 Å². The van der Waals surface area contributed by atoms with Gasteiger partial charge in [0.15, 0.2) is 0 Å². The molecule has 3 heteroatoms. The Morgan fingerprint density at radius 2 is 2.00 bits per heavy atom. The third-order valence-electron chi connectivity index (χ3n) is 4.07. The topological polar surface area (TPSA) is 41.5 Å². The molecule has 3 nitrogen and oxygen atoms in total. The van der Waals surface area contributed by atoms with Gasteiger partial charge in [0, 0.05) is 19.2 Å². The van der Waals surface area contributed by atoms with Crippen molar-refractivity contribution in [2.24, 2.45) is 5.92 Å². The zero-order chi connectivity index (χ0) is 11.4. The minimum Gasteiger partial charge on any atom is -0.396 e. The molecule has 1 aliphatic carbocycles. The molecule has 16 heavy (non-hydrogen) atoms. The molecule has 4 atom stereocenters. The van der Waals surface area contributed by atoms with Crippen LogP contribution in [0, 0.1) is 5.92 Å². The van der Waals surface area contributed by atoms with Gasteiger partial charge in [0.05, 0.1) is 12.2 Å². The number of rotatable bonds is 4. The number of hydrogen-bond donors (Lipinski definition) is 2. The lowest BCUT2D eigenvalue weighted by atomic mass is 9.85. The van der Waals surface area contributed by atoms with Crippen molar-refractivity contribution in [1.82, 2.24) is 5.32 Å². The van der Waals surface area contributed by atoms with Crippen LogP contribution in [0.3, 0.4) is 0 Å². The monoisotopic (exact) mass is 227 g/mol. The summed E-state index contributed by atoms with van der Waals surface area (Å²) < 4.78 is 5.80. The molecule has 2 fully saturated rings. The Morgan fingerprint density at radius 3 is 2.69 bits per heavy atom. The molecule has 1 aliphatic heterocycles. The van der Waals surface area contributed by atoms with Gasteiger partial charge in [0.2, 0.25) is 0 Å². The van der Waals surface area contributed by atoms with Crippen LogP contribution in [-0.2, 0) is 4.74 Å². The van der Waals surface area contributed by atoms with Gasteiger partial charge in [-0.15, -0.1) is 0 Å². The summed E-state index contributed by atoms with van der Waals surface area (Å²) in [6, 6.07) is 0.512. The lowest BCUT2D eigenvalue weighted by Gasteiger charge is -2.31. The largest absolute Gasteiger partial charge is 0.396 e. The third-order valence-corrected chi connectivity index (χ3v) is 4.07. The average molecular weight is 227 g/mol. The minimum absolute atomic E-state index is 0.333. The van der Waals surface area contributed by atoms with Crippen LogP contribution >= 0.6 is 0 Å². The van der Waals surface area contributed by atoms with E-state index in [9.17, 15) is 5.11 Å². The summed E-state index contributed by atoms with van der Waals surface area (Å²) in [6.45, 7) is 3.45. The summed E-state index contributed by atoms with van der Waals surface area (Å²) in [7, 11) is 0. The van der Waals surface area contributed by atoms with Crippen molar-refractivity contribution in [1.29, 1.82) is 0 Å². The Morgan fingerprint density at radius 1 is 1.19 bits per heavy atom. The second-order valence-electron chi connectivity index (χ2n) is 5.39. The van der Waals surface area contributed by atoms with Crippen molar-refractivity contribution in [2.45, 2.75) is 63.7 Å². The molecule has 1 saturated heterocycles. The smallest absolute Gasteiger partial charge is 0.0704 e. The molecule has 0 spiro atoms. The van der Waals surface area contributed by atoms with E-state index < -0.39 is 0 Å². The van der Waals surface area contributed by atoms with E-state index in [0.29, 0.717) is 30.8 Å². The fourth-order valence-corrected chi connectivity index (χ4v) is 3.01. The lowest BCUT2D eigenvalue weighted by molar-refractivity contribution is 0.0493. The number of nitrogens with one attached hydrogen (secondary N) is 1. The highest BCUT2D eigenvalue weighted by Gasteiger charge is 2.27. The number of hydrogen-bond acceptors (Lipinski definition) is 3. The van der Waals surface area contributed by atoms with Gasteiger partial charge >= 0.3 is 0 Å². The summed E-state index contributed by atoms with van der Waals surface area (Å²) in [6.07, 6.45) is 8.19. The van der Waals surface area contributed by atoms with Gasteiger partial charge < -0.3 is 15.2 Å². The molecule has 0 aromatic rings. The molecule has 0 radical (unpaired) electrons. The van der Waals surface area contributed by atoms with Crippen molar-refractivity contribution < 1.29 is 9.84 Å². The maximum atomic E-state index is 9.32. The number of ether oxygens (including phenoxy) is 1. The van der Waals surface area contributed by atoms with E-state index >= 15 is 0 Å². The molecular formula is C13H25NO2. The molecule has 94 valence electrons. The summed E-state index contributed by atoms with van der Waals surface area (Å²) in [5, 5.41) is 12.9. The molecule has 0 bridgehead atoms. The van der Waals surface area contributed by atoms with E-state index in [-0.39, 0.29) is 0 Å². The van der Waals surface area contributed by atoms with Gasteiger partial charge in [-0.05, 0) is 38.5 Å². The van der Waals surface area contributed by atoms with Crippen LogP contribution in [0.1, 0.15) is 45.4 Å². The highest BCUT2D eigenvalue weighted by atomic mass is 16.5. The van der Waals surface area contributed by atoms with Gasteiger partial charge in [0.1, 0.15) is 0 Å². The first-order chi connectivity index (χ1) is 7.79. The van der Waals surface area contributed by atoms with Crippen molar-refractivity contribution in [3.05, 3.63) is 0 Å². The van der Waals surface area contributed by atoms with Gasteiger partial charge in [-0.2, -0.15) is 0 Å². The average Bonchev–Trinajstić information content (AvgIpc) is 2.73. The summed E-state index contributed by atoms with van der Waals surface area (Å²) >= 11 is 0. The highest BCUT2D eigenvalue weighted by molar-refractivity contribution is 4.82. The molecule has 2 N–H and O–H groups in total. The van der Waals surface area contributed by atoms with Crippen LogP contribution in [0.2, 0.25) is 0 Å². The zero-order valence-corrected chi connectivity index (χ0v) is 10.3. The Bertz CT molecular complexity index is 210. The summed E-state index contributed by atoms with van der Waals surface area (Å²) in [4.78, 5) is 0. The molecule has 2 aliphatic rings. The quantitative estimate of drug-likeness (QED) is 0.768. The fraction of sp³-hybridized carbons (Fsp3) is 1.00. The van der Waals surface area contributed by atoms with Crippen LogP contribution in [0.25, 0.3) is 0 Å². The Labute approximate surface area is 98.6 Å². The van der Waals surface area contributed by atoms with E-state index in [0.717, 1.165) is 6.54 Å². The SMILES string of the molecule is CC1CCC(CNC2CCCCC2CO)O1. The van der Waals surface area contributed by atoms with Crippen LogP contribution < -0.4 is 5.32 Å². The Balaban J connectivity index is 1.71. The molecule has 4 unspecified atom stereocenters. The van der Waals surface area contributed by atoms with E-state index in [1.54, 1.807) is 0 Å². The van der Waals surface area contributed by atoms with E-state index in [4.69, 9.17) is 4.74 Å². The Kier molecular flexibility index (Phi) is 4.62. The maximum Gasteiger partial charge on any atom is 0.0704 e.